The predicted octanol–water partition coefficient (Wildman–Crippen LogP) is 2.57. The van der Waals surface area contributed by atoms with Gasteiger partial charge in [0.25, 0.3) is 0 Å². The Morgan fingerprint density at radius 3 is 2.37 bits per heavy atom. The van der Waals surface area contributed by atoms with Crippen LogP contribution in [0.25, 0.3) is 0 Å². The summed E-state index contributed by atoms with van der Waals surface area (Å²) >= 11 is 1.69. The topological polar surface area (TPSA) is 54.0 Å². The second-order valence-electron chi connectivity index (χ2n) is 5.43. The van der Waals surface area contributed by atoms with Gasteiger partial charge in [-0.3, -0.25) is 10.1 Å². The monoisotopic (exact) mass is 283 g/mol. The van der Waals surface area contributed by atoms with Gasteiger partial charge in [-0.2, -0.15) is 0 Å². The number of aromatic nitrogens is 1. The van der Waals surface area contributed by atoms with Crippen molar-refractivity contribution < 1.29 is 4.79 Å². The molecule has 4 nitrogen and oxygen atoms in total. The normalized spacial score (nSPS) is 14.5. The standard InChI is InChI=1S/C14H25N3OS/c1-8(2)7-15-14(18)11(5)16-9(3)13-10(4)17-12(6)19-13/h8-9,11,16H,7H2,1-6H3,(H,15,18). The Labute approximate surface area is 120 Å². The first-order chi connectivity index (χ1) is 8.81. The van der Waals surface area contributed by atoms with Gasteiger partial charge in [-0.1, -0.05) is 13.8 Å². The second-order valence-corrected chi connectivity index (χ2v) is 6.67. The molecule has 2 atom stereocenters. The number of carbonyl (C=O) groups is 1. The summed E-state index contributed by atoms with van der Waals surface area (Å²) in [7, 11) is 0. The SMILES string of the molecule is Cc1nc(C)c(C(C)NC(C)C(=O)NCC(C)C)s1. The van der Waals surface area contributed by atoms with Gasteiger partial charge >= 0.3 is 0 Å². The first-order valence-electron chi connectivity index (χ1n) is 6.79. The van der Waals surface area contributed by atoms with Crippen molar-refractivity contribution in [3.05, 3.63) is 15.6 Å². The Kier molecular flexibility index (Phi) is 5.94. The lowest BCUT2D eigenvalue weighted by Gasteiger charge is -2.19. The van der Waals surface area contributed by atoms with Crippen molar-refractivity contribution in [3.8, 4) is 0 Å². The number of hydrogen-bond donors (Lipinski definition) is 2. The van der Waals surface area contributed by atoms with Crippen molar-refractivity contribution in [2.75, 3.05) is 6.54 Å². The number of carbonyl (C=O) groups excluding carboxylic acids is 1. The third-order valence-electron chi connectivity index (χ3n) is 2.91. The van der Waals surface area contributed by atoms with Crippen LogP contribution in [-0.4, -0.2) is 23.5 Å². The molecule has 0 spiro atoms. The number of thiazole rings is 1. The van der Waals surface area contributed by atoms with Crippen molar-refractivity contribution in [2.24, 2.45) is 5.92 Å². The Hall–Kier alpha value is -0.940. The molecule has 0 fully saturated rings. The van der Waals surface area contributed by atoms with Gasteiger partial charge in [0.15, 0.2) is 0 Å². The molecule has 1 rings (SSSR count). The van der Waals surface area contributed by atoms with Gasteiger partial charge in [-0.25, -0.2) is 4.98 Å². The molecule has 1 aromatic rings. The van der Waals surface area contributed by atoms with E-state index < -0.39 is 0 Å². The van der Waals surface area contributed by atoms with Gasteiger partial charge in [0, 0.05) is 17.5 Å². The molecule has 5 heteroatoms. The largest absolute Gasteiger partial charge is 0.354 e. The first-order valence-corrected chi connectivity index (χ1v) is 7.60. The van der Waals surface area contributed by atoms with Gasteiger partial charge < -0.3 is 5.32 Å². The highest BCUT2D eigenvalue weighted by molar-refractivity contribution is 7.11. The zero-order valence-corrected chi connectivity index (χ0v) is 13.5. The molecule has 1 aromatic heterocycles. The number of nitrogens with one attached hydrogen (secondary N) is 2. The van der Waals surface area contributed by atoms with Crippen LogP contribution in [0.1, 0.15) is 49.3 Å². The smallest absolute Gasteiger partial charge is 0.236 e. The molecule has 0 saturated carbocycles. The summed E-state index contributed by atoms with van der Waals surface area (Å²) in [5.41, 5.74) is 1.05. The van der Waals surface area contributed by atoms with Crippen LogP contribution >= 0.6 is 11.3 Å². The molecule has 2 N–H and O–H groups in total. The van der Waals surface area contributed by atoms with Crippen molar-refractivity contribution in [2.45, 2.75) is 53.6 Å². The second kappa shape index (κ2) is 7.01. The minimum atomic E-state index is -0.199. The van der Waals surface area contributed by atoms with E-state index in [1.807, 2.05) is 20.8 Å². The zero-order chi connectivity index (χ0) is 14.6. The quantitative estimate of drug-likeness (QED) is 0.843. The number of amides is 1. The molecule has 0 aliphatic carbocycles. The fraction of sp³-hybridized carbons (Fsp3) is 0.714. The van der Waals surface area contributed by atoms with E-state index in [1.54, 1.807) is 11.3 Å². The summed E-state index contributed by atoms with van der Waals surface area (Å²) < 4.78 is 0. The average Bonchev–Trinajstić information content (AvgIpc) is 2.65. The van der Waals surface area contributed by atoms with Crippen molar-refractivity contribution in [3.63, 3.8) is 0 Å². The molecule has 1 amide bonds. The molecule has 0 radical (unpaired) electrons. The predicted molar refractivity (Wildman–Crippen MR) is 80.4 cm³/mol. The lowest BCUT2D eigenvalue weighted by atomic mass is 10.2. The van der Waals surface area contributed by atoms with Gasteiger partial charge in [0.05, 0.1) is 16.7 Å². The Balaban J connectivity index is 2.54. The van der Waals surface area contributed by atoms with E-state index in [0.717, 1.165) is 17.2 Å². The molecular formula is C14H25N3OS. The molecule has 0 aliphatic rings. The maximum absolute atomic E-state index is 11.9. The van der Waals surface area contributed by atoms with E-state index in [1.165, 1.54) is 4.88 Å². The Morgan fingerprint density at radius 1 is 1.26 bits per heavy atom. The van der Waals surface area contributed by atoms with Gasteiger partial charge in [0.2, 0.25) is 5.91 Å². The van der Waals surface area contributed by atoms with Crippen LogP contribution in [0.15, 0.2) is 0 Å². The number of aryl methyl sites for hydroxylation is 2. The highest BCUT2D eigenvalue weighted by Gasteiger charge is 2.19. The van der Waals surface area contributed by atoms with Crippen molar-refractivity contribution >= 4 is 17.2 Å². The van der Waals surface area contributed by atoms with E-state index >= 15 is 0 Å². The summed E-state index contributed by atoms with van der Waals surface area (Å²) in [4.78, 5) is 17.5. The van der Waals surface area contributed by atoms with Crippen molar-refractivity contribution in [1.29, 1.82) is 0 Å². The maximum Gasteiger partial charge on any atom is 0.236 e. The van der Waals surface area contributed by atoms with Crippen LogP contribution < -0.4 is 10.6 Å². The minimum Gasteiger partial charge on any atom is -0.354 e. The van der Waals surface area contributed by atoms with E-state index in [9.17, 15) is 4.79 Å². The van der Waals surface area contributed by atoms with Crippen LogP contribution in [0, 0.1) is 19.8 Å². The summed E-state index contributed by atoms with van der Waals surface area (Å²) in [6.07, 6.45) is 0. The molecule has 1 heterocycles. The van der Waals surface area contributed by atoms with Crippen LogP contribution in [0.2, 0.25) is 0 Å². The zero-order valence-electron chi connectivity index (χ0n) is 12.7. The van der Waals surface area contributed by atoms with E-state index in [2.05, 4.69) is 36.4 Å². The number of rotatable bonds is 6. The minimum absolute atomic E-state index is 0.0550. The van der Waals surface area contributed by atoms with Gasteiger partial charge in [-0.15, -0.1) is 11.3 Å². The molecule has 0 bridgehead atoms. The highest BCUT2D eigenvalue weighted by Crippen LogP contribution is 2.24. The fourth-order valence-corrected chi connectivity index (χ4v) is 2.87. The summed E-state index contributed by atoms with van der Waals surface area (Å²) in [5, 5.41) is 7.34. The molecule has 0 aliphatic heterocycles. The number of hydrogen-bond acceptors (Lipinski definition) is 4. The lowest BCUT2D eigenvalue weighted by Crippen LogP contribution is -2.44. The highest BCUT2D eigenvalue weighted by atomic mass is 32.1. The third-order valence-corrected chi connectivity index (χ3v) is 4.17. The first kappa shape index (κ1) is 16.1. The van der Waals surface area contributed by atoms with Gasteiger partial charge in [-0.05, 0) is 33.6 Å². The lowest BCUT2D eigenvalue weighted by molar-refractivity contribution is -0.123. The van der Waals surface area contributed by atoms with Gasteiger partial charge in [0.1, 0.15) is 0 Å². The number of nitrogens with zero attached hydrogens (tertiary/aromatic N) is 1. The van der Waals surface area contributed by atoms with Crippen LogP contribution in [0.4, 0.5) is 0 Å². The van der Waals surface area contributed by atoms with Crippen LogP contribution in [-0.2, 0) is 4.79 Å². The summed E-state index contributed by atoms with van der Waals surface area (Å²) in [6, 6.07) is -0.0541. The van der Waals surface area contributed by atoms with E-state index in [4.69, 9.17) is 0 Å². The maximum atomic E-state index is 11.9. The fourth-order valence-electron chi connectivity index (χ4n) is 1.93. The van der Waals surface area contributed by atoms with Crippen LogP contribution in [0.3, 0.4) is 0 Å². The van der Waals surface area contributed by atoms with E-state index in [0.29, 0.717) is 5.92 Å². The van der Waals surface area contributed by atoms with Crippen molar-refractivity contribution in [1.82, 2.24) is 15.6 Å². The summed E-state index contributed by atoms with van der Waals surface area (Å²) in [6.45, 7) is 12.9. The van der Waals surface area contributed by atoms with E-state index in [-0.39, 0.29) is 18.0 Å². The Bertz CT molecular complexity index is 428. The molecule has 0 aromatic carbocycles. The molecule has 2 unspecified atom stereocenters. The molecular weight excluding hydrogens is 258 g/mol. The molecule has 19 heavy (non-hydrogen) atoms. The summed E-state index contributed by atoms with van der Waals surface area (Å²) in [5.74, 6) is 0.527. The van der Waals surface area contributed by atoms with Crippen LogP contribution in [0.5, 0.6) is 0 Å². The average molecular weight is 283 g/mol. The third kappa shape index (κ3) is 4.91. The molecule has 108 valence electrons. The molecule has 0 saturated heterocycles. The Morgan fingerprint density at radius 2 is 1.89 bits per heavy atom.